The van der Waals surface area contributed by atoms with Gasteiger partial charge in [-0.3, -0.25) is 9.69 Å². The highest BCUT2D eigenvalue weighted by Crippen LogP contribution is 2.39. The zero-order valence-electron chi connectivity index (χ0n) is 22.3. The molecule has 0 fully saturated rings. The van der Waals surface area contributed by atoms with Gasteiger partial charge in [-0.2, -0.15) is 4.98 Å². The highest BCUT2D eigenvalue weighted by atomic mass is 79.9. The molecule has 4 aromatic rings. The Balaban J connectivity index is 0.00000195. The maximum atomic E-state index is 12.5. The van der Waals surface area contributed by atoms with Crippen LogP contribution in [0.4, 0.5) is 17.1 Å². The van der Waals surface area contributed by atoms with Crippen LogP contribution in [0.25, 0.3) is 0 Å². The molecular formula is C31H34BrN3O3. The molecule has 1 amide bonds. The van der Waals surface area contributed by atoms with Gasteiger partial charge >= 0.3 is 0 Å². The third-order valence-electron chi connectivity index (χ3n) is 5.71. The van der Waals surface area contributed by atoms with Crippen molar-refractivity contribution < 1.29 is 14.3 Å². The minimum atomic E-state index is 0.303. The van der Waals surface area contributed by atoms with Crippen LogP contribution in [0.1, 0.15) is 31.9 Å². The quantitative estimate of drug-likeness (QED) is 0.171. The number of aromatic nitrogens is 1. The largest absolute Gasteiger partial charge is 0.473 e. The Hall–Kier alpha value is -3.84. The lowest BCUT2D eigenvalue weighted by atomic mass is 10.2. The van der Waals surface area contributed by atoms with Crippen molar-refractivity contribution >= 4 is 39.4 Å². The van der Waals surface area contributed by atoms with Gasteiger partial charge in [-0.05, 0) is 42.3 Å². The second-order valence-electron chi connectivity index (χ2n) is 8.14. The van der Waals surface area contributed by atoms with E-state index in [4.69, 9.17) is 9.47 Å². The summed E-state index contributed by atoms with van der Waals surface area (Å²) in [5, 5.41) is 0. The summed E-state index contributed by atoms with van der Waals surface area (Å²) in [5.41, 5.74) is 4.18. The molecule has 0 bridgehead atoms. The molecule has 7 heteroatoms. The average molecular weight is 577 g/mol. The molecule has 0 atom stereocenters. The van der Waals surface area contributed by atoms with E-state index in [9.17, 15) is 4.79 Å². The van der Waals surface area contributed by atoms with Gasteiger partial charge in [-0.25, -0.2) is 0 Å². The number of carbonyl (C=O) groups is 1. The molecule has 0 aliphatic rings. The Kier molecular flexibility index (Phi) is 11.2. The summed E-state index contributed by atoms with van der Waals surface area (Å²) in [4.78, 5) is 20.7. The van der Waals surface area contributed by atoms with Crippen LogP contribution in [-0.2, 0) is 18.0 Å². The number of anilines is 3. The first kappa shape index (κ1) is 28.7. The van der Waals surface area contributed by atoms with Gasteiger partial charge < -0.3 is 14.4 Å². The predicted molar refractivity (Wildman–Crippen MR) is 158 cm³/mol. The fourth-order valence-corrected chi connectivity index (χ4v) is 4.01. The van der Waals surface area contributed by atoms with E-state index in [1.807, 2.05) is 99.8 Å². The minimum absolute atomic E-state index is 0.303. The summed E-state index contributed by atoms with van der Waals surface area (Å²) < 4.78 is 13.0. The molecule has 0 saturated heterocycles. The Morgan fingerprint density at radius 1 is 0.789 bits per heavy atom. The molecule has 0 aliphatic carbocycles. The van der Waals surface area contributed by atoms with E-state index in [1.54, 1.807) is 17.0 Å². The van der Waals surface area contributed by atoms with Crippen molar-refractivity contribution in [2.24, 2.45) is 0 Å². The molecular weight excluding hydrogens is 542 g/mol. The van der Waals surface area contributed by atoms with Gasteiger partial charge in [-0.15, -0.1) is 0 Å². The van der Waals surface area contributed by atoms with E-state index >= 15 is 0 Å². The molecule has 0 saturated carbocycles. The van der Waals surface area contributed by atoms with E-state index in [2.05, 4.69) is 32.7 Å². The topological polar surface area (TPSA) is 54.9 Å². The van der Waals surface area contributed by atoms with Crippen LogP contribution >= 0.6 is 15.9 Å². The number of ether oxygens (including phenoxy) is 2. The first-order chi connectivity index (χ1) is 18.6. The van der Waals surface area contributed by atoms with Gasteiger partial charge in [0.1, 0.15) is 18.9 Å². The van der Waals surface area contributed by atoms with E-state index in [0.717, 1.165) is 39.9 Å². The highest BCUT2D eigenvalue weighted by Gasteiger charge is 2.21. The van der Waals surface area contributed by atoms with Crippen molar-refractivity contribution in [3.8, 4) is 11.8 Å². The molecule has 198 valence electrons. The lowest BCUT2D eigenvalue weighted by Gasteiger charge is -2.27. The summed E-state index contributed by atoms with van der Waals surface area (Å²) in [6.07, 6.45) is 0.785. The van der Waals surface area contributed by atoms with Crippen LogP contribution in [0, 0.1) is 0 Å². The maximum absolute atomic E-state index is 12.5. The summed E-state index contributed by atoms with van der Waals surface area (Å²) in [6, 6.07) is 29.1. The number of rotatable bonds is 11. The zero-order chi connectivity index (χ0) is 27.3. The molecule has 0 aliphatic heterocycles. The summed E-state index contributed by atoms with van der Waals surface area (Å²) in [7, 11) is 1.99. The molecule has 0 radical (unpaired) electrons. The number of hydrogen-bond donors (Lipinski definition) is 0. The van der Waals surface area contributed by atoms with Gasteiger partial charge in [0.15, 0.2) is 0 Å². The molecule has 0 unspecified atom stereocenters. The van der Waals surface area contributed by atoms with Crippen LogP contribution in [0.5, 0.6) is 11.8 Å². The van der Waals surface area contributed by atoms with Crippen LogP contribution in [0.3, 0.4) is 0 Å². The predicted octanol–water partition coefficient (Wildman–Crippen LogP) is 7.78. The summed E-state index contributed by atoms with van der Waals surface area (Å²) in [5.74, 6) is 0.725. The Labute approximate surface area is 234 Å². The highest BCUT2D eigenvalue weighted by molar-refractivity contribution is 9.10. The second kappa shape index (κ2) is 14.8. The van der Waals surface area contributed by atoms with Crippen LogP contribution in [-0.4, -0.2) is 25.0 Å². The van der Waals surface area contributed by atoms with E-state index < -0.39 is 0 Å². The smallest absolute Gasteiger partial charge is 0.242 e. The SMILES string of the molecule is CC.CCN(C)c1cc(Br)ccc1N(C=O)c1ccc(OCc2ccccc2)nc1OCc1ccccc1. The molecule has 38 heavy (non-hydrogen) atoms. The van der Waals surface area contributed by atoms with Gasteiger partial charge in [0.2, 0.25) is 18.2 Å². The van der Waals surface area contributed by atoms with Gasteiger partial charge in [-0.1, -0.05) is 90.4 Å². The number of benzene rings is 3. The number of carbonyl (C=O) groups excluding carboxylic acids is 1. The monoisotopic (exact) mass is 575 g/mol. The lowest BCUT2D eigenvalue weighted by molar-refractivity contribution is -0.106. The zero-order valence-corrected chi connectivity index (χ0v) is 23.9. The van der Waals surface area contributed by atoms with Crippen molar-refractivity contribution in [3.63, 3.8) is 0 Å². The Morgan fingerprint density at radius 3 is 1.95 bits per heavy atom. The van der Waals surface area contributed by atoms with Crippen molar-refractivity contribution in [2.75, 3.05) is 23.4 Å². The van der Waals surface area contributed by atoms with Crippen LogP contribution in [0.15, 0.2) is 95.5 Å². The van der Waals surface area contributed by atoms with E-state index in [1.165, 1.54) is 0 Å². The molecule has 6 nitrogen and oxygen atoms in total. The lowest BCUT2D eigenvalue weighted by Crippen LogP contribution is -2.22. The first-order valence-corrected chi connectivity index (χ1v) is 13.5. The van der Waals surface area contributed by atoms with Gasteiger partial charge in [0, 0.05) is 24.1 Å². The van der Waals surface area contributed by atoms with Gasteiger partial charge in [0.25, 0.3) is 0 Å². The van der Waals surface area contributed by atoms with Crippen molar-refractivity contribution in [2.45, 2.75) is 34.0 Å². The van der Waals surface area contributed by atoms with E-state index in [0.29, 0.717) is 30.7 Å². The van der Waals surface area contributed by atoms with Gasteiger partial charge in [0.05, 0.1) is 11.4 Å². The molecule has 4 rings (SSSR count). The van der Waals surface area contributed by atoms with Crippen LogP contribution < -0.4 is 19.3 Å². The third kappa shape index (κ3) is 7.59. The van der Waals surface area contributed by atoms with E-state index in [-0.39, 0.29) is 0 Å². The maximum Gasteiger partial charge on any atom is 0.242 e. The number of pyridine rings is 1. The molecule has 0 N–H and O–H groups in total. The minimum Gasteiger partial charge on any atom is -0.473 e. The summed E-state index contributed by atoms with van der Waals surface area (Å²) in [6.45, 7) is 7.52. The third-order valence-corrected chi connectivity index (χ3v) is 6.20. The average Bonchev–Trinajstić information content (AvgIpc) is 2.98. The molecule has 1 aromatic heterocycles. The number of amides is 1. The molecule has 1 heterocycles. The molecule has 3 aromatic carbocycles. The summed E-state index contributed by atoms with van der Waals surface area (Å²) >= 11 is 3.55. The standard InChI is InChI=1S/C29H28BrN3O3.C2H6/c1-3-32(2)27-18-24(30)14-15-25(27)33(21-34)26-16-17-28(35-19-22-10-6-4-7-11-22)31-29(26)36-20-23-12-8-5-9-13-23;1-2/h4-18,21H,3,19-20H2,1-2H3;1-2H3. The second-order valence-corrected chi connectivity index (χ2v) is 9.06. The molecule has 0 spiro atoms. The normalized spacial score (nSPS) is 10.1. The number of nitrogens with zero attached hydrogens (tertiary/aromatic N) is 3. The van der Waals surface area contributed by atoms with Crippen molar-refractivity contribution in [1.29, 1.82) is 0 Å². The number of hydrogen-bond acceptors (Lipinski definition) is 5. The van der Waals surface area contributed by atoms with Crippen molar-refractivity contribution in [3.05, 3.63) is 107 Å². The Bertz CT molecular complexity index is 1290. The van der Waals surface area contributed by atoms with Crippen LogP contribution in [0.2, 0.25) is 0 Å². The van der Waals surface area contributed by atoms with Crippen molar-refractivity contribution in [1.82, 2.24) is 4.98 Å². The number of halogens is 1. The Morgan fingerprint density at radius 2 is 1.37 bits per heavy atom. The first-order valence-electron chi connectivity index (χ1n) is 12.7. The fourth-order valence-electron chi connectivity index (χ4n) is 3.66. The fraction of sp³-hybridized carbons (Fsp3) is 0.226.